The van der Waals surface area contributed by atoms with Gasteiger partial charge in [0.05, 0.1) is 0 Å². The van der Waals surface area contributed by atoms with Crippen LogP contribution in [0.2, 0.25) is 0 Å². The molecule has 0 fully saturated rings. The summed E-state index contributed by atoms with van der Waals surface area (Å²) in [6.07, 6.45) is 5.76. The van der Waals surface area contributed by atoms with Crippen molar-refractivity contribution in [2.24, 2.45) is 0 Å². The number of pyridine rings is 1. The van der Waals surface area contributed by atoms with Gasteiger partial charge in [0.15, 0.2) is 0 Å². The molecule has 1 heterocycles. The third-order valence-corrected chi connectivity index (χ3v) is 2.24. The molecule has 1 rings (SSSR count). The van der Waals surface area contributed by atoms with E-state index in [4.69, 9.17) is 11.6 Å². The topological polar surface area (TPSA) is 42.0 Å². The first kappa shape index (κ1) is 12.7. The molecule has 86 valence electrons. The summed E-state index contributed by atoms with van der Waals surface area (Å²) in [6, 6.07) is 3.83. The molecule has 0 unspecified atom stereocenters. The third kappa shape index (κ3) is 4.94. The molecule has 1 aromatic rings. The van der Waals surface area contributed by atoms with E-state index in [0.29, 0.717) is 12.4 Å². The Morgan fingerprint density at radius 3 is 3.00 bits per heavy atom. The highest BCUT2D eigenvalue weighted by Gasteiger charge is 1.94. The first-order valence-corrected chi connectivity index (χ1v) is 5.70. The molecule has 0 aliphatic carbocycles. The number of carbonyl (C=O) groups excluding carboxylic acids is 1. The molecule has 0 spiro atoms. The summed E-state index contributed by atoms with van der Waals surface area (Å²) in [6.45, 7) is 2.53. The van der Waals surface area contributed by atoms with Crippen molar-refractivity contribution < 1.29 is 4.79 Å². The predicted octanol–water partition coefficient (Wildman–Crippen LogP) is 2.15. The summed E-state index contributed by atoms with van der Waals surface area (Å²) in [5.74, 6) is 0.456. The molecule has 0 atom stereocenters. The molecule has 4 heteroatoms. The molecule has 1 N–H and O–H groups in total. The van der Waals surface area contributed by atoms with Crippen LogP contribution in [0.4, 0.5) is 0 Å². The molecule has 0 saturated heterocycles. The number of rotatable bonds is 5. The number of hydrogen-bond acceptors (Lipinski definition) is 2. The summed E-state index contributed by atoms with van der Waals surface area (Å²) < 4.78 is 0. The number of aromatic nitrogens is 1. The van der Waals surface area contributed by atoms with Crippen LogP contribution in [0.15, 0.2) is 24.4 Å². The van der Waals surface area contributed by atoms with E-state index in [1.165, 1.54) is 6.08 Å². The van der Waals surface area contributed by atoms with Crippen molar-refractivity contribution in [2.45, 2.75) is 13.3 Å². The minimum absolute atomic E-state index is 0.106. The maximum Gasteiger partial charge on any atom is 0.244 e. The van der Waals surface area contributed by atoms with Crippen LogP contribution in [0.25, 0.3) is 6.08 Å². The number of carbonyl (C=O) groups is 1. The highest BCUT2D eigenvalue weighted by atomic mass is 35.5. The van der Waals surface area contributed by atoms with Crippen LogP contribution in [-0.2, 0) is 4.79 Å². The highest BCUT2D eigenvalue weighted by molar-refractivity contribution is 6.17. The molecular formula is C12H15ClN2O. The van der Waals surface area contributed by atoms with Gasteiger partial charge < -0.3 is 5.32 Å². The van der Waals surface area contributed by atoms with Gasteiger partial charge in [0, 0.05) is 30.4 Å². The zero-order valence-corrected chi connectivity index (χ0v) is 10.00. The quantitative estimate of drug-likeness (QED) is 0.485. The van der Waals surface area contributed by atoms with E-state index in [9.17, 15) is 4.79 Å². The summed E-state index contributed by atoms with van der Waals surface area (Å²) in [4.78, 5) is 15.4. The average molecular weight is 239 g/mol. The maximum absolute atomic E-state index is 11.3. The van der Waals surface area contributed by atoms with Crippen LogP contribution in [-0.4, -0.2) is 23.3 Å². The minimum atomic E-state index is -0.106. The lowest BCUT2D eigenvalue weighted by molar-refractivity contribution is -0.116. The van der Waals surface area contributed by atoms with Crippen LogP contribution in [0.1, 0.15) is 17.7 Å². The van der Waals surface area contributed by atoms with Crippen molar-refractivity contribution in [1.82, 2.24) is 10.3 Å². The Morgan fingerprint density at radius 2 is 2.38 bits per heavy atom. The zero-order chi connectivity index (χ0) is 11.8. The van der Waals surface area contributed by atoms with Gasteiger partial charge in [-0.2, -0.15) is 0 Å². The third-order valence-electron chi connectivity index (χ3n) is 1.97. The number of amides is 1. The van der Waals surface area contributed by atoms with E-state index >= 15 is 0 Å². The molecule has 0 radical (unpaired) electrons. The molecule has 16 heavy (non-hydrogen) atoms. The van der Waals surface area contributed by atoms with Gasteiger partial charge in [-0.3, -0.25) is 9.78 Å². The van der Waals surface area contributed by atoms with Gasteiger partial charge in [0.25, 0.3) is 0 Å². The number of hydrogen-bond donors (Lipinski definition) is 1. The van der Waals surface area contributed by atoms with Gasteiger partial charge in [-0.05, 0) is 31.1 Å². The van der Waals surface area contributed by atoms with Crippen molar-refractivity contribution in [2.75, 3.05) is 12.4 Å². The van der Waals surface area contributed by atoms with Gasteiger partial charge in [0.2, 0.25) is 5.91 Å². The van der Waals surface area contributed by atoms with Gasteiger partial charge in [-0.25, -0.2) is 0 Å². The van der Waals surface area contributed by atoms with Crippen LogP contribution in [0.5, 0.6) is 0 Å². The van der Waals surface area contributed by atoms with Crippen molar-refractivity contribution in [3.8, 4) is 0 Å². The van der Waals surface area contributed by atoms with Crippen LogP contribution < -0.4 is 5.32 Å². The van der Waals surface area contributed by atoms with Crippen molar-refractivity contribution in [3.63, 3.8) is 0 Å². The highest BCUT2D eigenvalue weighted by Crippen LogP contribution is 2.01. The smallest absolute Gasteiger partial charge is 0.244 e. The number of nitrogens with zero attached hydrogens (tertiary/aromatic N) is 1. The minimum Gasteiger partial charge on any atom is -0.353 e. The lowest BCUT2D eigenvalue weighted by atomic mass is 10.2. The summed E-state index contributed by atoms with van der Waals surface area (Å²) in [7, 11) is 0. The first-order chi connectivity index (χ1) is 7.72. The average Bonchev–Trinajstić information content (AvgIpc) is 2.29. The van der Waals surface area contributed by atoms with Crippen molar-refractivity contribution in [3.05, 3.63) is 35.7 Å². The van der Waals surface area contributed by atoms with Crippen LogP contribution in [0.3, 0.4) is 0 Å². The van der Waals surface area contributed by atoms with Gasteiger partial charge in [-0.15, -0.1) is 11.6 Å². The van der Waals surface area contributed by atoms with E-state index in [-0.39, 0.29) is 5.91 Å². The fourth-order valence-corrected chi connectivity index (χ4v) is 1.22. The molecule has 3 nitrogen and oxygen atoms in total. The molecular weight excluding hydrogens is 224 g/mol. The number of halogens is 1. The summed E-state index contributed by atoms with van der Waals surface area (Å²) >= 11 is 5.50. The monoisotopic (exact) mass is 238 g/mol. The molecule has 0 saturated carbocycles. The fourth-order valence-electron chi connectivity index (χ4n) is 1.09. The normalized spacial score (nSPS) is 10.6. The lowest BCUT2D eigenvalue weighted by Crippen LogP contribution is -2.22. The predicted molar refractivity (Wildman–Crippen MR) is 66.4 cm³/mol. The Balaban J connectivity index is 2.41. The van der Waals surface area contributed by atoms with Gasteiger partial charge in [-0.1, -0.05) is 6.07 Å². The fraction of sp³-hybridized carbons (Fsp3) is 0.333. The van der Waals surface area contributed by atoms with Gasteiger partial charge in [0.1, 0.15) is 0 Å². The van der Waals surface area contributed by atoms with Gasteiger partial charge >= 0.3 is 0 Å². The lowest BCUT2D eigenvalue weighted by Gasteiger charge is -1.98. The Hall–Kier alpha value is -1.35. The Labute approximate surface area is 101 Å². The second-order valence-corrected chi connectivity index (χ2v) is 3.78. The van der Waals surface area contributed by atoms with E-state index in [0.717, 1.165) is 17.7 Å². The Kier molecular flexibility index (Phi) is 5.57. The second kappa shape index (κ2) is 7.01. The molecule has 1 amide bonds. The Morgan fingerprint density at radius 1 is 1.56 bits per heavy atom. The van der Waals surface area contributed by atoms with Crippen molar-refractivity contribution in [1.29, 1.82) is 0 Å². The first-order valence-electron chi connectivity index (χ1n) is 5.17. The second-order valence-electron chi connectivity index (χ2n) is 3.40. The van der Waals surface area contributed by atoms with E-state index in [1.807, 2.05) is 19.1 Å². The SMILES string of the molecule is Cc1ccc(C=CC(=O)NCCCCl)cn1. The van der Waals surface area contributed by atoms with E-state index in [1.54, 1.807) is 12.3 Å². The summed E-state index contributed by atoms with van der Waals surface area (Å²) in [5.41, 5.74) is 1.88. The number of aryl methyl sites for hydroxylation is 1. The van der Waals surface area contributed by atoms with E-state index in [2.05, 4.69) is 10.3 Å². The largest absolute Gasteiger partial charge is 0.353 e. The number of nitrogens with one attached hydrogen (secondary N) is 1. The molecule has 0 aliphatic heterocycles. The standard InChI is InChI=1S/C12H15ClN2O/c1-10-3-4-11(9-15-10)5-6-12(16)14-8-2-7-13/h3-6,9H,2,7-8H2,1H3,(H,14,16). The molecule has 0 aliphatic rings. The maximum atomic E-state index is 11.3. The van der Waals surface area contributed by atoms with Crippen LogP contribution >= 0.6 is 11.6 Å². The zero-order valence-electron chi connectivity index (χ0n) is 9.24. The van der Waals surface area contributed by atoms with Crippen molar-refractivity contribution >= 4 is 23.6 Å². The molecule has 0 aromatic carbocycles. The Bertz CT molecular complexity index is 360. The number of alkyl halides is 1. The van der Waals surface area contributed by atoms with E-state index < -0.39 is 0 Å². The van der Waals surface area contributed by atoms with Crippen LogP contribution in [0, 0.1) is 6.92 Å². The molecule has 1 aromatic heterocycles. The molecule has 0 bridgehead atoms. The summed E-state index contributed by atoms with van der Waals surface area (Å²) in [5, 5.41) is 2.73.